The molecule has 0 fully saturated rings. The van der Waals surface area contributed by atoms with Crippen molar-refractivity contribution in [3.63, 3.8) is 0 Å². The Balaban J connectivity index is 3.83. The van der Waals surface area contributed by atoms with Gasteiger partial charge in [0.2, 0.25) is 5.78 Å². The summed E-state index contributed by atoms with van der Waals surface area (Å²) in [6.45, 7) is 3.99. The van der Waals surface area contributed by atoms with Gasteiger partial charge < -0.3 is 0 Å². The average molecular weight is 255 g/mol. The lowest BCUT2D eigenvalue weighted by atomic mass is 10.2. The van der Waals surface area contributed by atoms with Gasteiger partial charge in [-0.15, -0.1) is 0 Å². The van der Waals surface area contributed by atoms with Gasteiger partial charge in [-0.1, -0.05) is 6.92 Å². The maximum atomic E-state index is 11.9. The number of aliphatic imine (C=N–C) groups is 1. The highest BCUT2D eigenvalue weighted by atomic mass is 32.2. The molecule has 0 unspecified atom stereocenters. The van der Waals surface area contributed by atoms with Gasteiger partial charge >= 0.3 is 6.18 Å². The maximum absolute atomic E-state index is 11.9. The number of carbonyl (C=O) groups excluding carboxylic acids is 1. The monoisotopic (exact) mass is 255 g/mol. The summed E-state index contributed by atoms with van der Waals surface area (Å²) in [7, 11) is 0. The van der Waals surface area contributed by atoms with Gasteiger partial charge in [0.1, 0.15) is 0 Å². The predicted octanol–water partition coefficient (Wildman–Crippen LogP) is 3.11. The maximum Gasteiger partial charge on any atom is 0.450 e. The summed E-state index contributed by atoms with van der Waals surface area (Å²) in [6.07, 6.45) is -4.30. The van der Waals surface area contributed by atoms with Crippen LogP contribution in [0.4, 0.5) is 13.2 Å². The lowest BCUT2D eigenvalue weighted by molar-refractivity contribution is -0.169. The molecule has 0 saturated heterocycles. The van der Waals surface area contributed by atoms with Crippen molar-refractivity contribution in [1.82, 2.24) is 0 Å². The van der Waals surface area contributed by atoms with E-state index in [1.165, 1.54) is 6.92 Å². The molecule has 0 saturated carbocycles. The average Bonchev–Trinajstić information content (AvgIpc) is 2.16. The van der Waals surface area contributed by atoms with Crippen LogP contribution in [0, 0.1) is 0 Å². The van der Waals surface area contributed by atoms with Crippen LogP contribution in [0.1, 0.15) is 26.7 Å². The van der Waals surface area contributed by atoms with Crippen molar-refractivity contribution in [2.45, 2.75) is 32.9 Å². The largest absolute Gasteiger partial charge is 0.450 e. The van der Waals surface area contributed by atoms with Crippen LogP contribution in [0.2, 0.25) is 0 Å². The topological polar surface area (TPSA) is 29.4 Å². The Labute approximate surface area is 97.7 Å². The lowest BCUT2D eigenvalue weighted by Crippen LogP contribution is -2.24. The zero-order chi connectivity index (χ0) is 12.6. The van der Waals surface area contributed by atoms with E-state index >= 15 is 0 Å². The second-order valence-electron chi connectivity index (χ2n) is 3.33. The number of nitrogens with zero attached hydrogens (tertiary/aromatic N) is 1. The number of hydrogen-bond acceptors (Lipinski definition) is 3. The SMILES string of the molecule is CCCSCCN=C(C)CC(=O)C(F)(F)F. The van der Waals surface area contributed by atoms with Crippen molar-refractivity contribution in [3.8, 4) is 0 Å². The first-order chi connectivity index (χ1) is 7.38. The normalized spacial score (nSPS) is 12.9. The Kier molecular flexibility index (Phi) is 7.45. The van der Waals surface area contributed by atoms with E-state index < -0.39 is 18.4 Å². The van der Waals surface area contributed by atoms with Gasteiger partial charge in [-0.2, -0.15) is 24.9 Å². The zero-order valence-electron chi connectivity index (χ0n) is 9.43. The van der Waals surface area contributed by atoms with Crippen LogP contribution in [0.15, 0.2) is 4.99 Å². The van der Waals surface area contributed by atoms with E-state index in [0.717, 1.165) is 17.9 Å². The first-order valence-electron chi connectivity index (χ1n) is 5.05. The fraction of sp³-hybridized carbons (Fsp3) is 0.800. The van der Waals surface area contributed by atoms with Crippen LogP contribution in [-0.4, -0.2) is 35.7 Å². The van der Waals surface area contributed by atoms with E-state index in [-0.39, 0.29) is 5.71 Å². The van der Waals surface area contributed by atoms with E-state index in [1.54, 1.807) is 11.8 Å². The van der Waals surface area contributed by atoms with Crippen molar-refractivity contribution < 1.29 is 18.0 Å². The molecule has 0 amide bonds. The Morgan fingerprint density at radius 3 is 2.44 bits per heavy atom. The quantitative estimate of drug-likeness (QED) is 0.516. The minimum absolute atomic E-state index is 0.249. The van der Waals surface area contributed by atoms with Crippen LogP contribution < -0.4 is 0 Å². The first-order valence-corrected chi connectivity index (χ1v) is 6.21. The molecule has 6 heteroatoms. The summed E-state index contributed by atoms with van der Waals surface area (Å²) >= 11 is 1.71. The smallest absolute Gasteiger partial charge is 0.293 e. The van der Waals surface area contributed by atoms with Crippen LogP contribution in [0.3, 0.4) is 0 Å². The molecule has 2 nitrogen and oxygen atoms in total. The Hall–Kier alpha value is -0.520. The molecule has 94 valence electrons. The van der Waals surface area contributed by atoms with Gasteiger partial charge in [-0.05, 0) is 19.1 Å². The third-order valence-electron chi connectivity index (χ3n) is 1.70. The summed E-state index contributed by atoms with van der Waals surface area (Å²) < 4.78 is 35.7. The molecule has 0 N–H and O–H groups in total. The molecule has 0 heterocycles. The molecule has 0 aliphatic heterocycles. The number of thioether (sulfide) groups is 1. The molecule has 0 bridgehead atoms. The molecule has 0 spiro atoms. The lowest BCUT2D eigenvalue weighted by Gasteiger charge is -2.04. The fourth-order valence-corrected chi connectivity index (χ4v) is 1.65. The van der Waals surface area contributed by atoms with Crippen LogP contribution in [0.25, 0.3) is 0 Å². The molecular weight excluding hydrogens is 239 g/mol. The highest BCUT2D eigenvalue weighted by Crippen LogP contribution is 2.18. The van der Waals surface area contributed by atoms with E-state index in [0.29, 0.717) is 6.54 Å². The van der Waals surface area contributed by atoms with Gasteiger partial charge in [-0.25, -0.2) is 0 Å². The molecule has 0 aliphatic rings. The summed E-state index contributed by atoms with van der Waals surface area (Å²) in [5.41, 5.74) is 0.249. The van der Waals surface area contributed by atoms with E-state index in [4.69, 9.17) is 0 Å². The third-order valence-corrected chi connectivity index (χ3v) is 2.87. The van der Waals surface area contributed by atoms with Crippen molar-refractivity contribution in [2.75, 3.05) is 18.1 Å². The molecule has 0 radical (unpaired) electrons. The minimum atomic E-state index is -4.74. The first kappa shape index (κ1) is 15.5. The van der Waals surface area contributed by atoms with Crippen molar-refractivity contribution in [3.05, 3.63) is 0 Å². The summed E-state index contributed by atoms with van der Waals surface area (Å²) in [6, 6.07) is 0. The number of alkyl halides is 3. The highest BCUT2D eigenvalue weighted by Gasteiger charge is 2.37. The van der Waals surface area contributed by atoms with Gasteiger partial charge in [-0.3, -0.25) is 9.79 Å². The van der Waals surface area contributed by atoms with Gasteiger partial charge in [0.15, 0.2) is 0 Å². The molecule has 0 aromatic carbocycles. The second-order valence-corrected chi connectivity index (χ2v) is 4.55. The van der Waals surface area contributed by atoms with Crippen molar-refractivity contribution in [2.24, 2.45) is 4.99 Å². The number of halogens is 3. The number of carbonyl (C=O) groups is 1. The molecule has 0 aromatic rings. The molecular formula is C10H16F3NOS. The molecule has 0 rings (SSSR count). The van der Waals surface area contributed by atoms with Gasteiger partial charge in [0.25, 0.3) is 0 Å². The predicted molar refractivity (Wildman–Crippen MR) is 61.3 cm³/mol. The molecule has 16 heavy (non-hydrogen) atoms. The third kappa shape index (κ3) is 7.73. The van der Waals surface area contributed by atoms with Crippen LogP contribution in [-0.2, 0) is 4.79 Å². The number of rotatable bonds is 7. The Morgan fingerprint density at radius 1 is 1.31 bits per heavy atom. The Bertz CT molecular complexity index is 251. The summed E-state index contributed by atoms with van der Waals surface area (Å²) in [5, 5.41) is 0. The van der Waals surface area contributed by atoms with Gasteiger partial charge in [0.05, 0.1) is 6.42 Å². The Morgan fingerprint density at radius 2 is 1.94 bits per heavy atom. The summed E-state index contributed by atoms with van der Waals surface area (Å²) in [4.78, 5) is 14.5. The standard InChI is InChI=1S/C10H16F3NOS/c1-3-5-16-6-4-14-8(2)7-9(15)10(11,12)13/h3-7H2,1-2H3. The second kappa shape index (κ2) is 7.70. The molecule has 0 aromatic heterocycles. The van der Waals surface area contributed by atoms with Crippen molar-refractivity contribution in [1.29, 1.82) is 0 Å². The minimum Gasteiger partial charge on any atom is -0.293 e. The van der Waals surface area contributed by atoms with E-state index in [2.05, 4.69) is 11.9 Å². The molecule has 0 aliphatic carbocycles. The van der Waals surface area contributed by atoms with E-state index in [1.807, 2.05) is 0 Å². The fourth-order valence-electron chi connectivity index (χ4n) is 0.936. The number of Topliss-reactive ketones (excluding diaryl/α,β-unsaturated/α-hetero) is 1. The highest BCUT2D eigenvalue weighted by molar-refractivity contribution is 7.99. The molecule has 0 atom stereocenters. The van der Waals surface area contributed by atoms with E-state index in [9.17, 15) is 18.0 Å². The number of hydrogen-bond donors (Lipinski definition) is 0. The van der Waals surface area contributed by atoms with Gasteiger partial charge in [0, 0.05) is 18.0 Å². The zero-order valence-corrected chi connectivity index (χ0v) is 10.2. The number of ketones is 1. The van der Waals surface area contributed by atoms with Crippen molar-refractivity contribution >= 4 is 23.3 Å². The van der Waals surface area contributed by atoms with Crippen LogP contribution in [0.5, 0.6) is 0 Å². The van der Waals surface area contributed by atoms with Crippen LogP contribution >= 0.6 is 11.8 Å². The summed E-state index contributed by atoms with van der Waals surface area (Å²) in [5.74, 6) is 0.0801.